The van der Waals surface area contributed by atoms with E-state index in [-0.39, 0.29) is 0 Å². The highest BCUT2D eigenvalue weighted by Gasteiger charge is 2.13. The summed E-state index contributed by atoms with van der Waals surface area (Å²) in [7, 11) is 0. The summed E-state index contributed by atoms with van der Waals surface area (Å²) < 4.78 is 5.62. The van der Waals surface area contributed by atoms with Crippen molar-refractivity contribution in [3.05, 3.63) is 41.5 Å². The molecule has 5 nitrogen and oxygen atoms in total. The van der Waals surface area contributed by atoms with Gasteiger partial charge in [-0.05, 0) is 37.8 Å². The Morgan fingerprint density at radius 3 is 2.79 bits per heavy atom. The molecule has 0 saturated heterocycles. The van der Waals surface area contributed by atoms with Crippen molar-refractivity contribution < 1.29 is 4.74 Å². The SMILES string of the molecule is Nc1cccc(OCc2nnc3c(n2)CCCC3)c1. The van der Waals surface area contributed by atoms with Crippen LogP contribution in [0.1, 0.15) is 30.1 Å². The summed E-state index contributed by atoms with van der Waals surface area (Å²) in [6, 6.07) is 7.33. The highest BCUT2D eigenvalue weighted by molar-refractivity contribution is 5.43. The first kappa shape index (κ1) is 11.9. The molecule has 1 aliphatic carbocycles. The van der Waals surface area contributed by atoms with Gasteiger partial charge >= 0.3 is 0 Å². The lowest BCUT2D eigenvalue weighted by Gasteiger charge is -2.13. The molecule has 0 atom stereocenters. The summed E-state index contributed by atoms with van der Waals surface area (Å²) in [5.74, 6) is 1.35. The Morgan fingerprint density at radius 1 is 1.11 bits per heavy atom. The molecule has 0 radical (unpaired) electrons. The van der Waals surface area contributed by atoms with Crippen molar-refractivity contribution in [1.29, 1.82) is 0 Å². The van der Waals surface area contributed by atoms with Gasteiger partial charge in [0.15, 0.2) is 5.82 Å². The minimum absolute atomic E-state index is 0.323. The van der Waals surface area contributed by atoms with E-state index in [1.54, 1.807) is 6.07 Å². The molecular formula is C14H16N4O. The third kappa shape index (κ3) is 2.81. The number of anilines is 1. The highest BCUT2D eigenvalue weighted by atomic mass is 16.5. The molecular weight excluding hydrogens is 240 g/mol. The standard InChI is InChI=1S/C14H16N4O/c15-10-4-3-5-11(8-10)19-9-14-16-12-6-1-2-7-13(12)17-18-14/h3-5,8H,1-2,6-7,9,15H2. The minimum atomic E-state index is 0.323. The van der Waals surface area contributed by atoms with Gasteiger partial charge in [0.05, 0.1) is 11.4 Å². The van der Waals surface area contributed by atoms with Gasteiger partial charge in [-0.15, -0.1) is 5.10 Å². The number of fused-ring (bicyclic) bond motifs is 1. The third-order valence-electron chi connectivity index (χ3n) is 3.19. The molecule has 5 heteroatoms. The summed E-state index contributed by atoms with van der Waals surface area (Å²) in [5, 5.41) is 8.34. The molecule has 1 aromatic carbocycles. The molecule has 19 heavy (non-hydrogen) atoms. The number of hydrogen-bond donors (Lipinski definition) is 1. The fourth-order valence-electron chi connectivity index (χ4n) is 2.21. The molecule has 0 spiro atoms. The first-order valence-electron chi connectivity index (χ1n) is 6.51. The number of benzene rings is 1. The molecule has 1 aromatic heterocycles. The van der Waals surface area contributed by atoms with Crippen molar-refractivity contribution in [2.75, 3.05) is 5.73 Å². The molecule has 3 rings (SSSR count). The summed E-state index contributed by atoms with van der Waals surface area (Å²) in [6.07, 6.45) is 4.35. The van der Waals surface area contributed by atoms with Crippen LogP contribution in [0.25, 0.3) is 0 Å². The van der Waals surface area contributed by atoms with Gasteiger partial charge in [0.2, 0.25) is 0 Å². The monoisotopic (exact) mass is 256 g/mol. The Kier molecular flexibility index (Phi) is 3.27. The summed E-state index contributed by atoms with van der Waals surface area (Å²) in [5.41, 5.74) is 8.49. The fraction of sp³-hybridized carbons (Fsp3) is 0.357. The van der Waals surface area contributed by atoms with Crippen molar-refractivity contribution >= 4 is 5.69 Å². The van der Waals surface area contributed by atoms with Crippen LogP contribution < -0.4 is 10.5 Å². The molecule has 2 N–H and O–H groups in total. The molecule has 0 bridgehead atoms. The lowest BCUT2D eigenvalue weighted by atomic mass is 10.0. The van der Waals surface area contributed by atoms with Gasteiger partial charge in [-0.3, -0.25) is 0 Å². The Balaban J connectivity index is 1.70. The van der Waals surface area contributed by atoms with Crippen molar-refractivity contribution in [1.82, 2.24) is 15.2 Å². The average molecular weight is 256 g/mol. The van der Waals surface area contributed by atoms with Gasteiger partial charge < -0.3 is 10.5 Å². The number of nitrogen functional groups attached to an aromatic ring is 1. The largest absolute Gasteiger partial charge is 0.485 e. The topological polar surface area (TPSA) is 73.9 Å². The molecule has 0 unspecified atom stereocenters. The molecule has 1 aliphatic rings. The van der Waals surface area contributed by atoms with Crippen LogP contribution in [0.3, 0.4) is 0 Å². The van der Waals surface area contributed by atoms with Crippen molar-refractivity contribution in [2.24, 2.45) is 0 Å². The predicted molar refractivity (Wildman–Crippen MR) is 71.7 cm³/mol. The number of hydrogen-bond acceptors (Lipinski definition) is 5. The van der Waals surface area contributed by atoms with Crippen molar-refractivity contribution in [3.8, 4) is 5.75 Å². The number of aromatic nitrogens is 3. The van der Waals surface area contributed by atoms with Crippen molar-refractivity contribution in [2.45, 2.75) is 32.3 Å². The molecule has 1 heterocycles. The Bertz CT molecular complexity index is 585. The third-order valence-corrected chi connectivity index (χ3v) is 3.19. The first-order chi connectivity index (χ1) is 9.31. The van der Waals surface area contributed by atoms with Crippen LogP contribution >= 0.6 is 0 Å². The van der Waals surface area contributed by atoms with E-state index in [0.717, 1.165) is 30.0 Å². The van der Waals surface area contributed by atoms with Crippen LogP contribution in [0.5, 0.6) is 5.75 Å². The van der Waals surface area contributed by atoms with E-state index in [0.29, 0.717) is 18.1 Å². The maximum Gasteiger partial charge on any atom is 0.189 e. The first-order valence-corrected chi connectivity index (χ1v) is 6.51. The summed E-state index contributed by atoms with van der Waals surface area (Å²) in [6.45, 7) is 0.323. The van der Waals surface area contributed by atoms with E-state index < -0.39 is 0 Å². The van der Waals surface area contributed by atoms with Gasteiger partial charge in [-0.2, -0.15) is 5.10 Å². The van der Waals surface area contributed by atoms with E-state index in [2.05, 4.69) is 15.2 Å². The maximum atomic E-state index is 5.70. The van der Waals surface area contributed by atoms with Gasteiger partial charge in [0, 0.05) is 11.8 Å². The van der Waals surface area contributed by atoms with E-state index in [4.69, 9.17) is 10.5 Å². The molecule has 2 aromatic rings. The minimum Gasteiger partial charge on any atom is -0.485 e. The van der Waals surface area contributed by atoms with E-state index >= 15 is 0 Å². The average Bonchev–Trinajstić information content (AvgIpc) is 2.45. The maximum absolute atomic E-state index is 5.70. The zero-order chi connectivity index (χ0) is 13.1. The Morgan fingerprint density at radius 2 is 1.95 bits per heavy atom. The zero-order valence-corrected chi connectivity index (χ0v) is 10.7. The number of aryl methyl sites for hydroxylation is 2. The quantitative estimate of drug-likeness (QED) is 0.849. The van der Waals surface area contributed by atoms with Gasteiger partial charge in [0.25, 0.3) is 0 Å². The number of nitrogens with two attached hydrogens (primary N) is 1. The summed E-state index contributed by atoms with van der Waals surface area (Å²) in [4.78, 5) is 4.52. The highest BCUT2D eigenvalue weighted by Crippen LogP contribution is 2.18. The molecule has 0 amide bonds. The fourth-order valence-corrected chi connectivity index (χ4v) is 2.21. The Labute approximate surface area is 111 Å². The number of rotatable bonds is 3. The molecule has 0 fully saturated rings. The van der Waals surface area contributed by atoms with Gasteiger partial charge in [-0.1, -0.05) is 6.07 Å². The predicted octanol–water partition coefficient (Wildman–Crippen LogP) is 1.91. The van der Waals surface area contributed by atoms with Crippen LogP contribution in [0, 0.1) is 0 Å². The Hall–Kier alpha value is -2.17. The number of ether oxygens (including phenoxy) is 1. The zero-order valence-electron chi connectivity index (χ0n) is 10.7. The van der Waals surface area contributed by atoms with Crippen molar-refractivity contribution in [3.63, 3.8) is 0 Å². The normalized spacial score (nSPS) is 13.9. The molecule has 0 saturated carbocycles. The second kappa shape index (κ2) is 5.22. The second-order valence-electron chi connectivity index (χ2n) is 4.69. The van der Waals surface area contributed by atoms with Crippen LogP contribution in [0.2, 0.25) is 0 Å². The van der Waals surface area contributed by atoms with Crippen LogP contribution in [-0.4, -0.2) is 15.2 Å². The van der Waals surface area contributed by atoms with E-state index in [9.17, 15) is 0 Å². The molecule has 0 aliphatic heterocycles. The second-order valence-corrected chi connectivity index (χ2v) is 4.69. The van der Waals surface area contributed by atoms with Gasteiger partial charge in [-0.25, -0.2) is 4.98 Å². The van der Waals surface area contributed by atoms with Crippen LogP contribution in [0.4, 0.5) is 5.69 Å². The lowest BCUT2D eigenvalue weighted by Crippen LogP contribution is -2.13. The van der Waals surface area contributed by atoms with E-state index in [1.807, 2.05) is 18.2 Å². The number of nitrogens with zero attached hydrogens (tertiary/aromatic N) is 3. The van der Waals surface area contributed by atoms with Crippen LogP contribution in [-0.2, 0) is 19.4 Å². The summed E-state index contributed by atoms with van der Waals surface area (Å²) >= 11 is 0. The smallest absolute Gasteiger partial charge is 0.189 e. The molecule has 98 valence electrons. The van der Waals surface area contributed by atoms with Crippen LogP contribution in [0.15, 0.2) is 24.3 Å². The lowest BCUT2D eigenvalue weighted by molar-refractivity contribution is 0.293. The van der Waals surface area contributed by atoms with Gasteiger partial charge in [0.1, 0.15) is 12.4 Å². The van der Waals surface area contributed by atoms with E-state index in [1.165, 1.54) is 12.8 Å².